The summed E-state index contributed by atoms with van der Waals surface area (Å²) >= 11 is 0. The van der Waals surface area contributed by atoms with Crippen molar-refractivity contribution in [1.29, 1.82) is 0 Å². The molecule has 2 aliphatic heterocycles. The smallest absolute Gasteiger partial charge is 0.270 e. The molecule has 2 aliphatic rings. The third-order valence-electron chi connectivity index (χ3n) is 6.50. The first-order chi connectivity index (χ1) is 16.2. The standard InChI is InChI=1S/C22H34N6O5S/c1-4-26(5-2)22(29)17-7-6-12-27(16-17)34(32,33)21-15-19(28(30)31)8-9-20(21)24-23-18-10-13-25(3)14-11-18/h8-9,15,17,24H,4-7,10-14,16H2,1-3H3/t17-/m0/s1. The van der Waals surface area contributed by atoms with Crippen molar-refractivity contribution in [1.82, 2.24) is 14.1 Å². The van der Waals surface area contributed by atoms with Crippen molar-refractivity contribution in [2.75, 3.05) is 51.7 Å². The highest BCUT2D eigenvalue weighted by Crippen LogP contribution is 2.32. The number of non-ortho nitro benzene ring substituents is 1. The van der Waals surface area contributed by atoms with Crippen LogP contribution in [-0.4, -0.2) is 85.4 Å². The number of sulfonamides is 1. The number of hydrogen-bond donors (Lipinski definition) is 1. The summed E-state index contributed by atoms with van der Waals surface area (Å²) in [5.41, 5.74) is 3.64. The molecule has 1 aromatic carbocycles. The van der Waals surface area contributed by atoms with Crippen LogP contribution in [0.3, 0.4) is 0 Å². The van der Waals surface area contributed by atoms with Crippen LogP contribution < -0.4 is 5.43 Å². The molecule has 1 N–H and O–H groups in total. The molecule has 1 aromatic rings. The first-order valence-corrected chi connectivity index (χ1v) is 13.2. The van der Waals surface area contributed by atoms with E-state index in [2.05, 4.69) is 15.4 Å². The molecule has 1 amide bonds. The highest BCUT2D eigenvalue weighted by atomic mass is 32.2. The van der Waals surface area contributed by atoms with Crippen molar-refractivity contribution in [3.05, 3.63) is 28.3 Å². The summed E-state index contributed by atoms with van der Waals surface area (Å²) < 4.78 is 28.5. The minimum absolute atomic E-state index is 0.0562. The average molecular weight is 495 g/mol. The van der Waals surface area contributed by atoms with Crippen molar-refractivity contribution in [2.45, 2.75) is 44.4 Å². The number of piperidine rings is 2. The first-order valence-electron chi connectivity index (χ1n) is 11.7. The van der Waals surface area contributed by atoms with E-state index in [1.807, 2.05) is 20.9 Å². The molecule has 0 aromatic heterocycles. The van der Waals surface area contributed by atoms with Crippen molar-refractivity contribution in [3.63, 3.8) is 0 Å². The molecule has 12 heteroatoms. The van der Waals surface area contributed by atoms with Crippen molar-refractivity contribution in [3.8, 4) is 0 Å². The van der Waals surface area contributed by atoms with Gasteiger partial charge in [-0.25, -0.2) is 8.42 Å². The summed E-state index contributed by atoms with van der Waals surface area (Å²) in [5, 5.41) is 15.8. The summed E-state index contributed by atoms with van der Waals surface area (Å²) in [6.07, 6.45) is 2.69. The molecule has 0 unspecified atom stereocenters. The van der Waals surface area contributed by atoms with Crippen molar-refractivity contribution in [2.24, 2.45) is 11.0 Å². The molecule has 0 radical (unpaired) electrons. The fourth-order valence-corrected chi connectivity index (χ4v) is 6.04. The number of nitrogens with zero attached hydrogens (tertiary/aromatic N) is 5. The number of carbonyl (C=O) groups is 1. The molecule has 2 saturated heterocycles. The summed E-state index contributed by atoms with van der Waals surface area (Å²) in [6, 6.07) is 3.72. The number of likely N-dealkylation sites (tertiary alicyclic amines) is 1. The molecule has 1 atom stereocenters. The van der Waals surface area contributed by atoms with Gasteiger partial charge in [-0.1, -0.05) is 0 Å². The van der Waals surface area contributed by atoms with Gasteiger partial charge in [0.25, 0.3) is 5.69 Å². The van der Waals surface area contributed by atoms with Gasteiger partial charge in [0.15, 0.2) is 0 Å². The molecular formula is C22H34N6O5S. The Morgan fingerprint density at radius 3 is 2.53 bits per heavy atom. The number of nitro benzene ring substituents is 1. The molecule has 11 nitrogen and oxygen atoms in total. The van der Waals surface area contributed by atoms with Gasteiger partial charge in [0.2, 0.25) is 15.9 Å². The Morgan fingerprint density at radius 1 is 1.24 bits per heavy atom. The first kappa shape index (κ1) is 26.0. The zero-order chi connectivity index (χ0) is 24.9. The number of nitro groups is 1. The SMILES string of the molecule is CCN(CC)C(=O)[C@H]1CCCN(S(=O)(=O)c2cc([N+](=O)[O-])ccc2NN=C2CCN(C)CC2)C1. The lowest BCUT2D eigenvalue weighted by atomic mass is 9.98. The molecule has 2 heterocycles. The van der Waals surface area contributed by atoms with Gasteiger partial charge in [-0.2, -0.15) is 9.41 Å². The van der Waals surface area contributed by atoms with Crippen LogP contribution in [0.1, 0.15) is 39.5 Å². The normalized spacial score (nSPS) is 20.1. The Labute approximate surface area is 201 Å². The van der Waals surface area contributed by atoms with Crippen LogP contribution in [0, 0.1) is 16.0 Å². The fraction of sp³-hybridized carbons (Fsp3) is 0.636. The Balaban J connectivity index is 1.89. The summed E-state index contributed by atoms with van der Waals surface area (Å²) in [4.78, 5) is 27.3. The molecule has 3 rings (SSSR count). The average Bonchev–Trinajstić information content (AvgIpc) is 2.84. The van der Waals surface area contributed by atoms with Gasteiger partial charge < -0.3 is 9.80 Å². The maximum atomic E-state index is 13.6. The predicted octanol–water partition coefficient (Wildman–Crippen LogP) is 2.36. The number of amides is 1. The van der Waals surface area contributed by atoms with Gasteiger partial charge in [-0.15, -0.1) is 0 Å². The Morgan fingerprint density at radius 2 is 1.91 bits per heavy atom. The van der Waals surface area contributed by atoms with Gasteiger partial charge >= 0.3 is 0 Å². The van der Waals surface area contributed by atoms with Gasteiger partial charge in [0.1, 0.15) is 4.90 Å². The molecule has 34 heavy (non-hydrogen) atoms. The Bertz CT molecular complexity index is 1030. The van der Waals surface area contributed by atoms with E-state index in [4.69, 9.17) is 0 Å². The zero-order valence-corrected chi connectivity index (χ0v) is 20.9. The molecular weight excluding hydrogens is 460 g/mol. The van der Waals surface area contributed by atoms with Crippen LogP contribution in [-0.2, 0) is 14.8 Å². The van der Waals surface area contributed by atoms with Gasteiger partial charge in [-0.3, -0.25) is 20.3 Å². The molecule has 0 spiro atoms. The van der Waals surface area contributed by atoms with E-state index in [1.165, 1.54) is 16.4 Å². The molecule has 0 aliphatic carbocycles. The maximum Gasteiger partial charge on any atom is 0.270 e. The maximum absolute atomic E-state index is 13.6. The van der Waals surface area contributed by atoms with E-state index in [-0.39, 0.29) is 35.3 Å². The number of nitrogens with one attached hydrogen (secondary N) is 1. The zero-order valence-electron chi connectivity index (χ0n) is 20.1. The monoisotopic (exact) mass is 494 g/mol. The third-order valence-corrected chi connectivity index (χ3v) is 8.41. The van der Waals surface area contributed by atoms with E-state index in [1.54, 1.807) is 4.90 Å². The minimum atomic E-state index is -4.10. The largest absolute Gasteiger partial charge is 0.343 e. The third kappa shape index (κ3) is 5.91. The molecule has 0 bridgehead atoms. The topological polar surface area (TPSA) is 128 Å². The van der Waals surface area contributed by atoms with E-state index in [0.717, 1.165) is 37.7 Å². The second-order valence-corrected chi connectivity index (χ2v) is 10.6. The molecule has 0 saturated carbocycles. The van der Waals surface area contributed by atoms with E-state index in [0.29, 0.717) is 25.9 Å². The number of hydrazone groups is 1. The summed E-state index contributed by atoms with van der Waals surface area (Å²) in [5.74, 6) is -0.492. The summed E-state index contributed by atoms with van der Waals surface area (Å²) in [6.45, 7) is 6.95. The lowest BCUT2D eigenvalue weighted by Gasteiger charge is -2.34. The van der Waals surface area contributed by atoms with Gasteiger partial charge in [-0.05, 0) is 39.8 Å². The van der Waals surface area contributed by atoms with Gasteiger partial charge in [0.05, 0.1) is 16.5 Å². The lowest BCUT2D eigenvalue weighted by molar-refractivity contribution is -0.385. The van der Waals surface area contributed by atoms with Gasteiger partial charge in [0, 0.05) is 70.0 Å². The van der Waals surface area contributed by atoms with Crippen LogP contribution in [0.15, 0.2) is 28.2 Å². The Kier molecular flexibility index (Phi) is 8.61. The van der Waals surface area contributed by atoms with Crippen LogP contribution >= 0.6 is 0 Å². The second-order valence-electron chi connectivity index (χ2n) is 8.74. The molecule has 2 fully saturated rings. The molecule has 188 valence electrons. The van der Waals surface area contributed by atoms with Crippen LogP contribution in [0.5, 0.6) is 0 Å². The van der Waals surface area contributed by atoms with E-state index < -0.39 is 20.9 Å². The van der Waals surface area contributed by atoms with Crippen LogP contribution in [0.4, 0.5) is 11.4 Å². The fourth-order valence-electron chi connectivity index (χ4n) is 4.35. The highest BCUT2D eigenvalue weighted by molar-refractivity contribution is 7.89. The number of rotatable bonds is 8. The van der Waals surface area contributed by atoms with Crippen LogP contribution in [0.25, 0.3) is 0 Å². The van der Waals surface area contributed by atoms with E-state index >= 15 is 0 Å². The number of hydrogen-bond acceptors (Lipinski definition) is 8. The quantitative estimate of drug-likeness (QED) is 0.434. The van der Waals surface area contributed by atoms with Crippen molar-refractivity contribution < 1.29 is 18.1 Å². The Hall–Kier alpha value is -2.57. The van der Waals surface area contributed by atoms with E-state index in [9.17, 15) is 23.3 Å². The van der Waals surface area contributed by atoms with Crippen molar-refractivity contribution >= 4 is 33.0 Å². The lowest BCUT2D eigenvalue weighted by Crippen LogP contribution is -2.46. The minimum Gasteiger partial charge on any atom is -0.343 e. The number of anilines is 1. The second kappa shape index (κ2) is 11.2. The highest BCUT2D eigenvalue weighted by Gasteiger charge is 2.36. The van der Waals surface area contributed by atoms with Crippen LogP contribution in [0.2, 0.25) is 0 Å². The number of benzene rings is 1. The number of carbonyl (C=O) groups excluding carboxylic acids is 1. The summed E-state index contributed by atoms with van der Waals surface area (Å²) in [7, 11) is -2.07. The predicted molar refractivity (Wildman–Crippen MR) is 130 cm³/mol.